The summed E-state index contributed by atoms with van der Waals surface area (Å²) in [4.78, 5) is 28.0. The summed E-state index contributed by atoms with van der Waals surface area (Å²) in [5.41, 5.74) is -0.388. The molecule has 0 aliphatic carbocycles. The molecular weight excluding hydrogens is 270 g/mol. The molecule has 1 aromatic rings. The second-order valence-corrected chi connectivity index (χ2v) is 5.15. The molecule has 7 heteroatoms. The van der Waals surface area contributed by atoms with Gasteiger partial charge in [0.2, 0.25) is 5.95 Å². The number of carbonyl (C=O) groups excluding carboxylic acids is 1. The van der Waals surface area contributed by atoms with Gasteiger partial charge in [0.25, 0.3) is 5.91 Å². The van der Waals surface area contributed by atoms with Crippen molar-refractivity contribution >= 4 is 11.9 Å². The molecule has 2 saturated heterocycles. The van der Waals surface area contributed by atoms with Crippen LogP contribution in [0.3, 0.4) is 0 Å². The Kier molecular flexibility index (Phi) is 2.92. The first kappa shape index (κ1) is 13.0. The van der Waals surface area contributed by atoms with Gasteiger partial charge in [0, 0.05) is 18.3 Å². The van der Waals surface area contributed by atoms with Gasteiger partial charge in [-0.25, -0.2) is 9.37 Å². The van der Waals surface area contributed by atoms with Crippen molar-refractivity contribution in [2.45, 2.75) is 31.3 Å². The van der Waals surface area contributed by atoms with Crippen molar-refractivity contribution in [3.63, 3.8) is 0 Å². The molecule has 3 atom stereocenters. The van der Waals surface area contributed by atoms with Crippen LogP contribution in [0, 0.1) is 17.7 Å². The monoisotopic (exact) mass is 282 g/mol. The lowest BCUT2D eigenvalue weighted by Gasteiger charge is -2.23. The third-order valence-corrected chi connectivity index (χ3v) is 4.17. The Morgan fingerprint density at radius 2 is 2.10 bits per heavy atom. The summed E-state index contributed by atoms with van der Waals surface area (Å²) in [6.45, 7) is 0. The summed E-state index contributed by atoms with van der Waals surface area (Å²) in [6, 6.07) is 0.485. The maximum absolute atomic E-state index is 13.6. The van der Waals surface area contributed by atoms with Gasteiger partial charge in [-0.2, -0.15) is 4.39 Å². The average molecular weight is 282 g/mol. The van der Waals surface area contributed by atoms with E-state index in [1.165, 1.54) is 4.90 Å². The van der Waals surface area contributed by atoms with E-state index < -0.39 is 35.6 Å². The summed E-state index contributed by atoms with van der Waals surface area (Å²) in [6.07, 6.45) is 2.69. The third-order valence-electron chi connectivity index (χ3n) is 4.17. The van der Waals surface area contributed by atoms with Crippen molar-refractivity contribution in [3.8, 4) is 0 Å². The number of amides is 1. The van der Waals surface area contributed by atoms with Gasteiger partial charge in [-0.1, -0.05) is 0 Å². The molecule has 20 heavy (non-hydrogen) atoms. The van der Waals surface area contributed by atoms with Gasteiger partial charge in [-0.15, -0.1) is 0 Å². The molecule has 1 aromatic heterocycles. The van der Waals surface area contributed by atoms with Crippen LogP contribution in [0.2, 0.25) is 0 Å². The first-order valence-electron chi connectivity index (χ1n) is 6.36. The Bertz CT molecular complexity index is 593. The Balaban J connectivity index is 1.92. The number of hydrogen-bond acceptors (Lipinski definition) is 3. The number of aliphatic carboxylic acids is 1. The number of rotatable bonds is 2. The van der Waals surface area contributed by atoms with Gasteiger partial charge in [0.05, 0.1) is 11.5 Å². The van der Waals surface area contributed by atoms with Gasteiger partial charge < -0.3 is 10.0 Å². The van der Waals surface area contributed by atoms with Gasteiger partial charge in [-0.05, 0) is 25.3 Å². The second kappa shape index (κ2) is 4.50. The Labute approximate surface area is 113 Å². The maximum atomic E-state index is 13.6. The second-order valence-electron chi connectivity index (χ2n) is 5.15. The highest BCUT2D eigenvalue weighted by atomic mass is 19.2. The molecule has 2 aliphatic heterocycles. The number of carboxylic acid groups (broad SMARTS) is 1. The van der Waals surface area contributed by atoms with E-state index in [0.29, 0.717) is 19.3 Å². The number of fused-ring (bicyclic) bond motifs is 2. The fourth-order valence-electron chi connectivity index (χ4n) is 3.29. The minimum Gasteiger partial charge on any atom is -0.481 e. The quantitative estimate of drug-likeness (QED) is 0.833. The van der Waals surface area contributed by atoms with Crippen molar-refractivity contribution in [1.82, 2.24) is 9.88 Å². The van der Waals surface area contributed by atoms with Crippen LogP contribution in [0.15, 0.2) is 12.3 Å². The van der Waals surface area contributed by atoms with Crippen molar-refractivity contribution in [2.75, 3.05) is 0 Å². The lowest BCUT2D eigenvalue weighted by atomic mass is 9.89. The number of nitrogens with zero attached hydrogens (tertiary/aromatic N) is 2. The average Bonchev–Trinajstić information content (AvgIpc) is 2.98. The van der Waals surface area contributed by atoms with E-state index in [4.69, 9.17) is 5.11 Å². The van der Waals surface area contributed by atoms with Gasteiger partial charge >= 0.3 is 5.97 Å². The summed E-state index contributed by atoms with van der Waals surface area (Å²) in [7, 11) is 0. The van der Waals surface area contributed by atoms with Crippen molar-refractivity contribution in [3.05, 3.63) is 29.6 Å². The first-order chi connectivity index (χ1) is 9.50. The number of pyridine rings is 1. The SMILES string of the molecule is O=C(O)C1CC2CCC1N2C(=O)c1ccnc(F)c1F. The van der Waals surface area contributed by atoms with Crippen LogP contribution < -0.4 is 0 Å². The van der Waals surface area contributed by atoms with Gasteiger partial charge in [0.15, 0.2) is 5.82 Å². The summed E-state index contributed by atoms with van der Waals surface area (Å²) < 4.78 is 26.7. The molecule has 3 unspecified atom stereocenters. The molecule has 0 radical (unpaired) electrons. The lowest BCUT2D eigenvalue weighted by Crippen LogP contribution is -2.38. The fraction of sp³-hybridized carbons (Fsp3) is 0.462. The van der Waals surface area contributed by atoms with Crippen LogP contribution in [-0.4, -0.2) is 39.0 Å². The van der Waals surface area contributed by atoms with Crippen LogP contribution in [0.4, 0.5) is 8.78 Å². The van der Waals surface area contributed by atoms with Crippen LogP contribution in [0.1, 0.15) is 29.6 Å². The summed E-state index contributed by atoms with van der Waals surface area (Å²) in [5.74, 6) is -4.82. The normalized spacial score (nSPS) is 27.9. The van der Waals surface area contributed by atoms with Gasteiger partial charge in [-0.3, -0.25) is 9.59 Å². The van der Waals surface area contributed by atoms with Crippen LogP contribution in [-0.2, 0) is 4.79 Å². The zero-order valence-electron chi connectivity index (χ0n) is 10.4. The Hall–Kier alpha value is -2.05. The molecule has 1 N–H and O–H groups in total. The number of hydrogen-bond donors (Lipinski definition) is 1. The van der Waals surface area contributed by atoms with E-state index >= 15 is 0 Å². The van der Waals surface area contributed by atoms with Crippen molar-refractivity contribution < 1.29 is 23.5 Å². The van der Waals surface area contributed by atoms with Crippen LogP contribution >= 0.6 is 0 Å². The van der Waals surface area contributed by atoms with E-state index in [1.807, 2.05) is 0 Å². The fourth-order valence-corrected chi connectivity index (χ4v) is 3.29. The Morgan fingerprint density at radius 3 is 2.75 bits per heavy atom. The largest absolute Gasteiger partial charge is 0.481 e. The minimum absolute atomic E-state index is 0.204. The van der Waals surface area contributed by atoms with Gasteiger partial charge in [0.1, 0.15) is 0 Å². The molecular formula is C13H12F2N2O3. The molecule has 3 rings (SSSR count). The molecule has 0 spiro atoms. The lowest BCUT2D eigenvalue weighted by molar-refractivity contribution is -0.142. The number of halogens is 2. The topological polar surface area (TPSA) is 70.5 Å². The minimum atomic E-state index is -1.32. The highest BCUT2D eigenvalue weighted by molar-refractivity contribution is 5.95. The van der Waals surface area contributed by atoms with E-state index in [-0.39, 0.29) is 11.6 Å². The van der Waals surface area contributed by atoms with Crippen molar-refractivity contribution in [2.24, 2.45) is 5.92 Å². The highest BCUT2D eigenvalue weighted by Crippen LogP contribution is 2.42. The van der Waals surface area contributed by atoms with Crippen molar-refractivity contribution in [1.29, 1.82) is 0 Å². The summed E-state index contributed by atoms with van der Waals surface area (Å²) >= 11 is 0. The van der Waals surface area contributed by atoms with E-state index in [9.17, 15) is 18.4 Å². The van der Waals surface area contributed by atoms with Crippen LogP contribution in [0.5, 0.6) is 0 Å². The Morgan fingerprint density at radius 1 is 1.35 bits per heavy atom. The van der Waals surface area contributed by atoms with E-state index in [2.05, 4.69) is 4.98 Å². The van der Waals surface area contributed by atoms with Crippen LogP contribution in [0.25, 0.3) is 0 Å². The number of aromatic nitrogens is 1. The maximum Gasteiger partial charge on any atom is 0.308 e. The highest BCUT2D eigenvalue weighted by Gasteiger charge is 2.51. The predicted octanol–water partition coefficient (Wildman–Crippen LogP) is 1.44. The smallest absolute Gasteiger partial charge is 0.308 e. The van der Waals surface area contributed by atoms with E-state index in [0.717, 1.165) is 12.3 Å². The summed E-state index contributed by atoms with van der Waals surface area (Å²) in [5, 5.41) is 9.12. The van der Waals surface area contributed by atoms with E-state index in [1.54, 1.807) is 0 Å². The standard InChI is InChI=1S/C13H12F2N2O3/c14-10-7(3-4-16-11(10)15)12(18)17-6-1-2-9(17)8(5-6)13(19)20/h3-4,6,8-9H,1-2,5H2,(H,19,20). The molecule has 0 saturated carbocycles. The molecule has 2 bridgehead atoms. The molecule has 5 nitrogen and oxygen atoms in total. The molecule has 0 aromatic carbocycles. The molecule has 1 amide bonds. The molecule has 106 valence electrons. The zero-order chi connectivity index (χ0) is 14.4. The zero-order valence-corrected chi connectivity index (χ0v) is 10.4. The third kappa shape index (κ3) is 1.76. The first-order valence-corrected chi connectivity index (χ1v) is 6.36. The number of carboxylic acids is 1. The molecule has 2 fully saturated rings. The molecule has 3 heterocycles. The molecule has 2 aliphatic rings. The number of carbonyl (C=O) groups is 2. The predicted molar refractivity (Wildman–Crippen MR) is 62.9 cm³/mol.